The van der Waals surface area contributed by atoms with Gasteiger partial charge in [-0.1, -0.05) is 0 Å². The van der Waals surface area contributed by atoms with Crippen LogP contribution in [0.4, 0.5) is 18.9 Å². The van der Waals surface area contributed by atoms with Gasteiger partial charge < -0.3 is 12.4 Å². The van der Waals surface area contributed by atoms with E-state index in [1.54, 1.807) is 13.8 Å². The van der Waals surface area contributed by atoms with Crippen LogP contribution in [0.2, 0.25) is 0 Å². The average molecular weight is 325 g/mol. The third-order valence-corrected chi connectivity index (χ3v) is 2.95. The number of nitrogens with one attached hydrogen (secondary N) is 1. The van der Waals surface area contributed by atoms with E-state index in [0.29, 0.717) is 23.6 Å². The van der Waals surface area contributed by atoms with Gasteiger partial charge in [0.15, 0.2) is 0 Å². The fraction of sp³-hybridized carbons (Fsp3) is 0.385. The highest BCUT2D eigenvalue weighted by Crippen LogP contribution is 2.24. The number of non-ortho nitro benzene ring substituents is 1. The minimum Gasteiger partial charge on any atom is -1.00 e. The maximum atomic E-state index is 13.0. The van der Waals surface area contributed by atoms with E-state index < -0.39 is 16.8 Å². The SMILES string of the molecule is CC[NH+](CC)/C(=C\c1ccc([N+](=O)[O-])cc1)C(F)(F)F.[Cl-]. The van der Waals surface area contributed by atoms with Gasteiger partial charge in [0.2, 0.25) is 5.70 Å². The first kappa shape index (κ1) is 19.4. The zero-order valence-corrected chi connectivity index (χ0v) is 12.3. The van der Waals surface area contributed by atoms with Gasteiger partial charge in [0.1, 0.15) is 0 Å². The third kappa shape index (κ3) is 5.35. The van der Waals surface area contributed by atoms with Crippen molar-refractivity contribution in [2.24, 2.45) is 0 Å². The molecule has 0 spiro atoms. The van der Waals surface area contributed by atoms with Crippen molar-refractivity contribution in [2.45, 2.75) is 20.0 Å². The van der Waals surface area contributed by atoms with Crippen molar-refractivity contribution in [1.29, 1.82) is 0 Å². The van der Waals surface area contributed by atoms with Crippen molar-refractivity contribution in [2.75, 3.05) is 13.1 Å². The number of nitro groups is 1. The molecule has 0 radical (unpaired) electrons. The lowest BCUT2D eigenvalue weighted by Crippen LogP contribution is -3.10. The van der Waals surface area contributed by atoms with E-state index in [1.165, 1.54) is 24.3 Å². The molecule has 8 heteroatoms. The summed E-state index contributed by atoms with van der Waals surface area (Å²) in [6, 6.07) is 5.01. The van der Waals surface area contributed by atoms with Crippen molar-refractivity contribution in [3.8, 4) is 0 Å². The number of hydrogen-bond acceptors (Lipinski definition) is 2. The molecule has 1 rings (SSSR count). The summed E-state index contributed by atoms with van der Waals surface area (Å²) in [4.78, 5) is 10.2. The molecule has 0 saturated heterocycles. The van der Waals surface area contributed by atoms with Gasteiger partial charge in [-0.15, -0.1) is 0 Å². The smallest absolute Gasteiger partial charge is 0.466 e. The number of halogens is 4. The summed E-state index contributed by atoms with van der Waals surface area (Å²) in [5, 5.41) is 10.5. The molecule has 0 aromatic heterocycles. The molecule has 0 heterocycles. The Morgan fingerprint density at radius 2 is 1.71 bits per heavy atom. The van der Waals surface area contributed by atoms with Crippen molar-refractivity contribution >= 4 is 11.8 Å². The molecule has 0 atom stereocenters. The van der Waals surface area contributed by atoms with Crippen LogP contribution in [0.3, 0.4) is 0 Å². The summed E-state index contributed by atoms with van der Waals surface area (Å²) in [7, 11) is 0. The number of hydrogen-bond donors (Lipinski definition) is 1. The largest absolute Gasteiger partial charge is 1.00 e. The number of nitrogens with zero attached hydrogens (tertiary/aromatic N) is 1. The topological polar surface area (TPSA) is 47.6 Å². The van der Waals surface area contributed by atoms with Crippen LogP contribution in [0, 0.1) is 10.1 Å². The summed E-state index contributed by atoms with van der Waals surface area (Å²) >= 11 is 0. The molecule has 0 aliphatic heterocycles. The Bertz CT molecular complexity index is 497. The molecular formula is C13H16ClF3N2O2. The lowest BCUT2D eigenvalue weighted by Gasteiger charge is -2.20. The molecule has 4 nitrogen and oxygen atoms in total. The lowest BCUT2D eigenvalue weighted by molar-refractivity contribution is -0.865. The molecule has 0 saturated carbocycles. The summed E-state index contributed by atoms with van der Waals surface area (Å²) < 4.78 is 39.1. The molecule has 1 aromatic rings. The summed E-state index contributed by atoms with van der Waals surface area (Å²) in [6.45, 7) is 3.98. The zero-order chi connectivity index (χ0) is 15.3. The van der Waals surface area contributed by atoms with Crippen LogP contribution in [-0.2, 0) is 0 Å². The van der Waals surface area contributed by atoms with Crippen LogP contribution in [0.5, 0.6) is 0 Å². The van der Waals surface area contributed by atoms with E-state index in [9.17, 15) is 23.3 Å². The van der Waals surface area contributed by atoms with Crippen molar-refractivity contribution in [1.82, 2.24) is 0 Å². The average Bonchev–Trinajstić information content (AvgIpc) is 2.38. The molecule has 0 amide bonds. The molecule has 21 heavy (non-hydrogen) atoms. The Labute approximate surface area is 126 Å². The fourth-order valence-electron chi connectivity index (χ4n) is 1.87. The van der Waals surface area contributed by atoms with E-state index in [2.05, 4.69) is 0 Å². The van der Waals surface area contributed by atoms with E-state index in [4.69, 9.17) is 0 Å². The number of benzene rings is 1. The highest BCUT2D eigenvalue weighted by Gasteiger charge is 2.41. The molecule has 0 fully saturated rings. The number of allylic oxidation sites excluding steroid dienone is 1. The molecule has 0 unspecified atom stereocenters. The first-order valence-corrected chi connectivity index (χ1v) is 6.18. The first-order chi connectivity index (χ1) is 9.29. The standard InChI is InChI=1S/C13H15F3N2O2.ClH/c1-3-17(4-2)12(13(14,15)16)9-10-5-7-11(8-6-10)18(19)20;/h5-9H,3-4H2,1-2H3;1H/b12-9-;. The van der Waals surface area contributed by atoms with Gasteiger partial charge in [0.05, 0.1) is 18.0 Å². The molecule has 1 aromatic carbocycles. The summed E-state index contributed by atoms with van der Waals surface area (Å²) in [5.41, 5.74) is -0.524. The van der Waals surface area contributed by atoms with Crippen molar-refractivity contribution in [3.05, 3.63) is 45.6 Å². The summed E-state index contributed by atoms with van der Waals surface area (Å²) in [5.74, 6) is 0. The highest BCUT2D eigenvalue weighted by atomic mass is 35.5. The fourth-order valence-corrected chi connectivity index (χ4v) is 1.87. The lowest BCUT2D eigenvalue weighted by atomic mass is 10.1. The van der Waals surface area contributed by atoms with E-state index in [0.717, 1.165) is 6.08 Å². The Kier molecular flexibility index (Phi) is 7.38. The maximum absolute atomic E-state index is 13.0. The number of quaternary nitrogens is 1. The second-order valence-electron chi connectivity index (χ2n) is 4.22. The second-order valence-corrected chi connectivity index (χ2v) is 4.22. The van der Waals surface area contributed by atoms with Gasteiger partial charge in [-0.05, 0) is 31.5 Å². The Balaban J connectivity index is 0.00000400. The number of alkyl halides is 3. The Morgan fingerprint density at radius 1 is 1.24 bits per heavy atom. The normalized spacial score (nSPS) is 12.2. The predicted molar refractivity (Wildman–Crippen MR) is 69.2 cm³/mol. The van der Waals surface area contributed by atoms with Gasteiger partial charge in [-0.25, -0.2) is 0 Å². The quantitative estimate of drug-likeness (QED) is 0.582. The van der Waals surface area contributed by atoms with Gasteiger partial charge in [0.25, 0.3) is 5.69 Å². The van der Waals surface area contributed by atoms with E-state index in [1.807, 2.05) is 0 Å². The third-order valence-electron chi connectivity index (χ3n) is 2.95. The molecule has 0 aliphatic rings. The summed E-state index contributed by atoms with van der Waals surface area (Å²) in [6.07, 6.45) is -3.39. The van der Waals surface area contributed by atoms with Gasteiger partial charge in [-0.2, -0.15) is 13.2 Å². The molecule has 1 N–H and O–H groups in total. The van der Waals surface area contributed by atoms with E-state index >= 15 is 0 Å². The Hall–Kier alpha value is -1.60. The zero-order valence-electron chi connectivity index (χ0n) is 11.6. The molecule has 0 aliphatic carbocycles. The predicted octanol–water partition coefficient (Wildman–Crippen LogP) is -0.573. The van der Waals surface area contributed by atoms with Crippen LogP contribution in [-0.4, -0.2) is 24.2 Å². The van der Waals surface area contributed by atoms with Crippen LogP contribution in [0.15, 0.2) is 30.0 Å². The van der Waals surface area contributed by atoms with Gasteiger partial charge in [-0.3, -0.25) is 15.0 Å². The minimum absolute atomic E-state index is 0. The van der Waals surface area contributed by atoms with Crippen molar-refractivity contribution in [3.63, 3.8) is 0 Å². The molecule has 0 bridgehead atoms. The van der Waals surface area contributed by atoms with Gasteiger partial charge >= 0.3 is 6.18 Å². The highest BCUT2D eigenvalue weighted by molar-refractivity contribution is 5.54. The first-order valence-electron chi connectivity index (χ1n) is 6.18. The number of nitro benzene ring substituents is 1. The number of rotatable bonds is 5. The minimum atomic E-state index is -4.43. The molecular weight excluding hydrogens is 309 g/mol. The van der Waals surface area contributed by atoms with Gasteiger partial charge in [0, 0.05) is 18.2 Å². The van der Waals surface area contributed by atoms with Crippen molar-refractivity contribution < 1.29 is 35.4 Å². The van der Waals surface area contributed by atoms with Crippen LogP contribution in [0.1, 0.15) is 19.4 Å². The van der Waals surface area contributed by atoms with Crippen LogP contribution in [0.25, 0.3) is 6.08 Å². The monoisotopic (exact) mass is 324 g/mol. The maximum Gasteiger partial charge on any atom is 0.466 e. The second kappa shape index (κ2) is 7.99. The van der Waals surface area contributed by atoms with Crippen LogP contribution < -0.4 is 17.3 Å². The Morgan fingerprint density at radius 3 is 2.05 bits per heavy atom. The van der Waals surface area contributed by atoms with E-state index in [-0.39, 0.29) is 18.1 Å². The molecule has 118 valence electrons. The van der Waals surface area contributed by atoms with Crippen LogP contribution >= 0.6 is 0 Å².